The van der Waals surface area contributed by atoms with Gasteiger partial charge in [-0.3, -0.25) is 9.59 Å². The zero-order valence-electron chi connectivity index (χ0n) is 17.0. The lowest BCUT2D eigenvalue weighted by Gasteiger charge is -2.42. The summed E-state index contributed by atoms with van der Waals surface area (Å²) in [6.45, 7) is 2.29. The topological polar surface area (TPSA) is 67.4 Å². The molecule has 5 nitrogen and oxygen atoms in total. The van der Waals surface area contributed by atoms with Crippen LogP contribution < -0.4 is 15.4 Å². The maximum Gasteiger partial charge on any atom is 0.244 e. The van der Waals surface area contributed by atoms with Crippen molar-refractivity contribution in [2.75, 3.05) is 13.7 Å². The first-order valence-corrected chi connectivity index (χ1v) is 9.98. The number of rotatable bonds is 8. The predicted octanol–water partition coefficient (Wildman–Crippen LogP) is 3.45. The van der Waals surface area contributed by atoms with Gasteiger partial charge in [0.05, 0.1) is 7.11 Å². The van der Waals surface area contributed by atoms with Crippen LogP contribution in [0.4, 0.5) is 0 Å². The smallest absolute Gasteiger partial charge is 0.244 e. The minimum atomic E-state index is -0.601. The molecule has 0 heterocycles. The molecular weight excluding hydrogens is 364 g/mol. The summed E-state index contributed by atoms with van der Waals surface area (Å²) in [5.74, 6) is 0.292. The van der Waals surface area contributed by atoms with Gasteiger partial charge in [-0.1, -0.05) is 48.9 Å². The molecule has 2 N–H and O–H groups in total. The number of carbonyl (C=O) groups is 2. The molecule has 1 fully saturated rings. The Bertz CT molecular complexity index is 855. The van der Waals surface area contributed by atoms with Gasteiger partial charge in [0.2, 0.25) is 11.8 Å². The normalized spacial score (nSPS) is 15.9. The van der Waals surface area contributed by atoms with Crippen molar-refractivity contribution in [1.29, 1.82) is 0 Å². The Morgan fingerprint density at radius 1 is 1.10 bits per heavy atom. The zero-order chi connectivity index (χ0) is 20.7. The van der Waals surface area contributed by atoms with Gasteiger partial charge in [-0.25, -0.2) is 0 Å². The fourth-order valence-electron chi connectivity index (χ4n) is 3.59. The number of hydrogen-bond donors (Lipinski definition) is 2. The Balaban J connectivity index is 1.49. The molecule has 29 heavy (non-hydrogen) atoms. The molecule has 2 aromatic carbocycles. The van der Waals surface area contributed by atoms with E-state index in [0.29, 0.717) is 6.54 Å². The first-order chi connectivity index (χ1) is 14.0. The third-order valence-electron chi connectivity index (χ3n) is 5.59. The van der Waals surface area contributed by atoms with Crippen LogP contribution in [0.2, 0.25) is 0 Å². The van der Waals surface area contributed by atoms with E-state index in [2.05, 4.69) is 22.8 Å². The van der Waals surface area contributed by atoms with Gasteiger partial charge in [-0.15, -0.1) is 0 Å². The predicted molar refractivity (Wildman–Crippen MR) is 115 cm³/mol. The van der Waals surface area contributed by atoms with Crippen molar-refractivity contribution in [3.8, 4) is 5.75 Å². The van der Waals surface area contributed by atoms with E-state index in [0.717, 1.165) is 24.2 Å². The first kappa shape index (κ1) is 20.6. The second-order valence-electron chi connectivity index (χ2n) is 7.55. The maximum absolute atomic E-state index is 12.5. The molecule has 1 atom stereocenters. The number of carbonyl (C=O) groups excluding carboxylic acids is 2. The van der Waals surface area contributed by atoms with Crippen LogP contribution in [0.5, 0.6) is 5.75 Å². The van der Waals surface area contributed by atoms with Gasteiger partial charge < -0.3 is 15.4 Å². The van der Waals surface area contributed by atoms with Crippen LogP contribution in [0.25, 0.3) is 6.08 Å². The molecule has 2 amide bonds. The Morgan fingerprint density at radius 2 is 1.79 bits per heavy atom. The summed E-state index contributed by atoms with van der Waals surface area (Å²) in [6.07, 6.45) is 6.46. The second kappa shape index (κ2) is 9.41. The third-order valence-corrected chi connectivity index (χ3v) is 5.59. The number of nitrogens with one attached hydrogen (secondary N) is 2. The fourth-order valence-corrected chi connectivity index (χ4v) is 3.59. The summed E-state index contributed by atoms with van der Waals surface area (Å²) in [6, 6.07) is 17.1. The number of amides is 2. The van der Waals surface area contributed by atoms with Crippen molar-refractivity contribution in [2.24, 2.45) is 0 Å². The van der Waals surface area contributed by atoms with Crippen LogP contribution in [0.15, 0.2) is 60.7 Å². The van der Waals surface area contributed by atoms with Gasteiger partial charge in [0.15, 0.2) is 0 Å². The zero-order valence-corrected chi connectivity index (χ0v) is 17.0. The lowest BCUT2D eigenvalue weighted by Crippen LogP contribution is -2.50. The molecular formula is C24H28N2O3. The summed E-state index contributed by atoms with van der Waals surface area (Å²) in [5, 5.41) is 5.75. The van der Waals surface area contributed by atoms with Crippen molar-refractivity contribution >= 4 is 17.9 Å². The van der Waals surface area contributed by atoms with Crippen molar-refractivity contribution < 1.29 is 14.3 Å². The van der Waals surface area contributed by atoms with E-state index in [1.54, 1.807) is 20.1 Å². The van der Waals surface area contributed by atoms with Crippen LogP contribution in [-0.2, 0) is 15.0 Å². The molecule has 1 saturated carbocycles. The number of benzene rings is 2. The van der Waals surface area contributed by atoms with Crippen LogP contribution in [0.1, 0.15) is 37.3 Å². The molecule has 0 aromatic heterocycles. The van der Waals surface area contributed by atoms with E-state index in [1.807, 2.05) is 42.5 Å². The maximum atomic E-state index is 12.5. The highest BCUT2D eigenvalue weighted by molar-refractivity contribution is 5.95. The van der Waals surface area contributed by atoms with Gasteiger partial charge in [0.25, 0.3) is 0 Å². The van der Waals surface area contributed by atoms with Crippen molar-refractivity contribution in [3.63, 3.8) is 0 Å². The van der Waals surface area contributed by atoms with Crippen LogP contribution in [0, 0.1) is 0 Å². The lowest BCUT2D eigenvalue weighted by molar-refractivity contribution is -0.127. The fraction of sp³-hybridized carbons (Fsp3) is 0.333. The molecule has 1 aliphatic rings. The standard InChI is InChI=1S/C24H28N2O3/c1-18(26-22(27)14-11-19-9-12-21(29-2)13-10-19)23(28)25-17-24(15-6-16-24)20-7-4-3-5-8-20/h3-5,7-14,18H,6,15-17H2,1-2H3,(H,25,28)(H,26,27)/b14-11+. The van der Waals surface area contributed by atoms with E-state index >= 15 is 0 Å². The minimum absolute atomic E-state index is 0.0227. The molecule has 2 aromatic rings. The quantitative estimate of drug-likeness (QED) is 0.676. The number of ether oxygens (including phenoxy) is 1. The first-order valence-electron chi connectivity index (χ1n) is 9.98. The lowest BCUT2D eigenvalue weighted by atomic mass is 9.64. The molecule has 0 saturated heterocycles. The number of methoxy groups -OCH3 is 1. The molecule has 1 unspecified atom stereocenters. The molecule has 0 radical (unpaired) electrons. The minimum Gasteiger partial charge on any atom is -0.497 e. The molecule has 0 aliphatic heterocycles. The summed E-state index contributed by atoms with van der Waals surface area (Å²) in [5.41, 5.74) is 2.17. The van der Waals surface area contributed by atoms with Gasteiger partial charge in [0, 0.05) is 18.0 Å². The average molecular weight is 392 g/mol. The van der Waals surface area contributed by atoms with Gasteiger partial charge in [-0.05, 0) is 49.1 Å². The van der Waals surface area contributed by atoms with Crippen molar-refractivity contribution in [3.05, 3.63) is 71.8 Å². The molecule has 0 bridgehead atoms. The summed E-state index contributed by atoms with van der Waals surface area (Å²) < 4.78 is 5.11. The molecule has 5 heteroatoms. The van der Waals surface area contributed by atoms with E-state index in [-0.39, 0.29) is 17.2 Å². The second-order valence-corrected chi connectivity index (χ2v) is 7.55. The highest BCUT2D eigenvalue weighted by Gasteiger charge is 2.38. The molecule has 0 spiro atoms. The Morgan fingerprint density at radius 3 is 2.38 bits per heavy atom. The summed E-state index contributed by atoms with van der Waals surface area (Å²) >= 11 is 0. The monoisotopic (exact) mass is 392 g/mol. The van der Waals surface area contributed by atoms with Crippen LogP contribution in [0.3, 0.4) is 0 Å². The largest absolute Gasteiger partial charge is 0.497 e. The van der Waals surface area contributed by atoms with Crippen molar-refractivity contribution in [1.82, 2.24) is 10.6 Å². The summed E-state index contributed by atoms with van der Waals surface area (Å²) in [7, 11) is 1.61. The average Bonchev–Trinajstić information content (AvgIpc) is 2.72. The Labute approximate surface area is 172 Å². The van der Waals surface area contributed by atoms with Gasteiger partial charge in [0.1, 0.15) is 11.8 Å². The molecule has 1 aliphatic carbocycles. The third kappa shape index (κ3) is 5.25. The SMILES string of the molecule is COc1ccc(/C=C/C(=O)NC(C)C(=O)NCC2(c3ccccc3)CCC2)cc1. The van der Waals surface area contributed by atoms with Crippen LogP contribution in [-0.4, -0.2) is 31.5 Å². The Kier molecular flexibility index (Phi) is 6.70. The van der Waals surface area contributed by atoms with E-state index in [4.69, 9.17) is 4.74 Å². The Hall–Kier alpha value is -3.08. The molecule has 3 rings (SSSR count). The molecule has 152 valence electrons. The summed E-state index contributed by atoms with van der Waals surface area (Å²) in [4.78, 5) is 24.6. The van der Waals surface area contributed by atoms with E-state index < -0.39 is 6.04 Å². The van der Waals surface area contributed by atoms with Gasteiger partial charge in [-0.2, -0.15) is 0 Å². The highest BCUT2D eigenvalue weighted by Crippen LogP contribution is 2.43. The van der Waals surface area contributed by atoms with E-state index in [9.17, 15) is 9.59 Å². The van der Waals surface area contributed by atoms with Gasteiger partial charge >= 0.3 is 0 Å². The van der Waals surface area contributed by atoms with E-state index in [1.165, 1.54) is 18.1 Å². The highest BCUT2D eigenvalue weighted by atomic mass is 16.5. The van der Waals surface area contributed by atoms with Crippen molar-refractivity contribution in [2.45, 2.75) is 37.6 Å². The number of hydrogen-bond acceptors (Lipinski definition) is 3. The van der Waals surface area contributed by atoms with Crippen LogP contribution >= 0.6 is 0 Å².